The Bertz CT molecular complexity index is 1090. The number of hydrogen-bond acceptors (Lipinski definition) is 5. The van der Waals surface area contributed by atoms with Crippen LogP contribution < -0.4 is 10.2 Å². The number of aryl methyl sites for hydroxylation is 1. The Labute approximate surface area is 194 Å². The number of aromatic nitrogens is 2. The maximum absolute atomic E-state index is 13.1. The van der Waals surface area contributed by atoms with E-state index in [1.807, 2.05) is 48.5 Å². The summed E-state index contributed by atoms with van der Waals surface area (Å²) in [6.45, 7) is 7.62. The zero-order valence-electron chi connectivity index (χ0n) is 19.2. The normalized spacial score (nSPS) is 14.8. The number of nitrogens with one attached hydrogen (secondary N) is 1. The minimum absolute atomic E-state index is 0.101. The molecule has 0 radical (unpaired) electrons. The zero-order chi connectivity index (χ0) is 23.2. The molecule has 8 heteroatoms. The number of anilines is 1. The highest BCUT2D eigenvalue weighted by Gasteiger charge is 2.27. The van der Waals surface area contributed by atoms with Crippen molar-refractivity contribution < 1.29 is 14.3 Å². The molecule has 1 aromatic heterocycles. The first kappa shape index (κ1) is 22.6. The van der Waals surface area contributed by atoms with E-state index in [4.69, 9.17) is 9.72 Å². The highest BCUT2D eigenvalue weighted by atomic mass is 16.5. The van der Waals surface area contributed by atoms with Crippen LogP contribution in [0.15, 0.2) is 54.6 Å². The molecule has 33 heavy (non-hydrogen) atoms. The van der Waals surface area contributed by atoms with E-state index < -0.39 is 6.04 Å². The van der Waals surface area contributed by atoms with E-state index in [1.54, 1.807) is 11.8 Å². The number of imidazole rings is 1. The van der Waals surface area contributed by atoms with Gasteiger partial charge in [-0.1, -0.05) is 42.5 Å². The molecule has 0 unspecified atom stereocenters. The summed E-state index contributed by atoms with van der Waals surface area (Å²) >= 11 is 0. The minimum Gasteiger partial charge on any atom is -0.466 e. The molecule has 2 amide bonds. The summed E-state index contributed by atoms with van der Waals surface area (Å²) in [7, 11) is 0. The van der Waals surface area contributed by atoms with E-state index in [2.05, 4.69) is 27.8 Å². The van der Waals surface area contributed by atoms with Gasteiger partial charge in [0.25, 0.3) is 0 Å². The van der Waals surface area contributed by atoms with Crippen LogP contribution in [0.5, 0.6) is 0 Å². The molecule has 2 heterocycles. The highest BCUT2D eigenvalue weighted by molar-refractivity contribution is 5.79. The monoisotopic (exact) mass is 449 g/mol. The van der Waals surface area contributed by atoms with Crippen LogP contribution in [0.1, 0.15) is 31.9 Å². The molecule has 8 nitrogen and oxygen atoms in total. The maximum atomic E-state index is 13.1. The largest absolute Gasteiger partial charge is 0.466 e. The van der Waals surface area contributed by atoms with Crippen LogP contribution in [0.4, 0.5) is 10.7 Å². The summed E-state index contributed by atoms with van der Waals surface area (Å²) in [6.07, 6.45) is 0.101. The second-order valence-corrected chi connectivity index (χ2v) is 8.04. The van der Waals surface area contributed by atoms with E-state index in [0.29, 0.717) is 32.8 Å². The smallest absolute Gasteiger partial charge is 0.318 e. The van der Waals surface area contributed by atoms with Gasteiger partial charge in [0.15, 0.2) is 0 Å². The first-order valence-electron chi connectivity index (χ1n) is 11.6. The van der Waals surface area contributed by atoms with Crippen molar-refractivity contribution in [1.82, 2.24) is 19.8 Å². The summed E-state index contributed by atoms with van der Waals surface area (Å²) in [5.41, 5.74) is 2.99. The first-order valence-corrected chi connectivity index (χ1v) is 11.6. The van der Waals surface area contributed by atoms with Gasteiger partial charge in [0.2, 0.25) is 5.95 Å². The van der Waals surface area contributed by atoms with Gasteiger partial charge in [0, 0.05) is 32.7 Å². The molecule has 1 atom stereocenters. The molecule has 1 fully saturated rings. The van der Waals surface area contributed by atoms with Crippen molar-refractivity contribution in [3.05, 3.63) is 60.2 Å². The lowest BCUT2D eigenvalue weighted by Gasteiger charge is -2.36. The Morgan fingerprint density at radius 2 is 1.70 bits per heavy atom. The van der Waals surface area contributed by atoms with Gasteiger partial charge >= 0.3 is 12.0 Å². The lowest BCUT2D eigenvalue weighted by atomic mass is 10.0. The zero-order valence-corrected chi connectivity index (χ0v) is 19.2. The number of carbonyl (C=O) groups is 2. The van der Waals surface area contributed by atoms with Crippen LogP contribution in [-0.2, 0) is 16.1 Å². The number of esters is 1. The van der Waals surface area contributed by atoms with Crippen molar-refractivity contribution in [3.63, 3.8) is 0 Å². The van der Waals surface area contributed by atoms with Crippen molar-refractivity contribution >= 4 is 29.0 Å². The van der Waals surface area contributed by atoms with Crippen LogP contribution >= 0.6 is 0 Å². The lowest BCUT2D eigenvalue weighted by Crippen LogP contribution is -2.53. The van der Waals surface area contributed by atoms with Crippen molar-refractivity contribution in [2.24, 2.45) is 0 Å². The van der Waals surface area contributed by atoms with Gasteiger partial charge in [-0.3, -0.25) is 4.79 Å². The average Bonchev–Trinajstić information content (AvgIpc) is 3.23. The second kappa shape index (κ2) is 10.4. The van der Waals surface area contributed by atoms with Gasteiger partial charge < -0.3 is 24.4 Å². The summed E-state index contributed by atoms with van der Waals surface area (Å²) in [6, 6.07) is 17.1. The molecule has 0 spiro atoms. The number of amides is 2. The number of hydrogen-bond donors (Lipinski definition) is 1. The molecular weight excluding hydrogens is 418 g/mol. The minimum atomic E-state index is -0.430. The number of piperazine rings is 1. The third-order valence-corrected chi connectivity index (χ3v) is 5.98. The number of benzene rings is 2. The predicted octanol–water partition coefficient (Wildman–Crippen LogP) is 3.58. The van der Waals surface area contributed by atoms with Gasteiger partial charge in [0.1, 0.15) is 0 Å². The van der Waals surface area contributed by atoms with Gasteiger partial charge in [-0.15, -0.1) is 0 Å². The van der Waals surface area contributed by atoms with Crippen LogP contribution in [0.25, 0.3) is 11.0 Å². The maximum Gasteiger partial charge on any atom is 0.318 e. The van der Waals surface area contributed by atoms with Crippen LogP contribution in [0, 0.1) is 0 Å². The van der Waals surface area contributed by atoms with E-state index in [-0.39, 0.29) is 18.4 Å². The Balaban J connectivity index is 1.41. The summed E-state index contributed by atoms with van der Waals surface area (Å²) in [5.74, 6) is 0.623. The molecule has 1 N–H and O–H groups in total. The summed E-state index contributed by atoms with van der Waals surface area (Å²) in [4.78, 5) is 34.0. The van der Waals surface area contributed by atoms with Gasteiger partial charge in [-0.2, -0.15) is 0 Å². The van der Waals surface area contributed by atoms with Crippen LogP contribution in [0.3, 0.4) is 0 Å². The van der Waals surface area contributed by atoms with Gasteiger partial charge in [0.05, 0.1) is 30.1 Å². The molecular formula is C25H31N5O3. The SMILES string of the molecule is CCOC(=O)C[C@@H](NC(=O)N1CCN(c2nc3ccccc3n2CC)CC1)c1ccccc1. The molecule has 0 bridgehead atoms. The molecule has 1 saturated heterocycles. The molecule has 0 aliphatic carbocycles. The van der Waals surface area contributed by atoms with E-state index in [1.165, 1.54) is 0 Å². The van der Waals surface area contributed by atoms with Gasteiger partial charge in [-0.05, 0) is 31.5 Å². The number of nitrogens with zero attached hydrogens (tertiary/aromatic N) is 4. The third kappa shape index (κ3) is 5.10. The lowest BCUT2D eigenvalue weighted by molar-refractivity contribution is -0.143. The topological polar surface area (TPSA) is 79.7 Å². The van der Waals surface area contributed by atoms with E-state index in [0.717, 1.165) is 29.1 Å². The van der Waals surface area contributed by atoms with Crippen molar-refractivity contribution in [1.29, 1.82) is 0 Å². The van der Waals surface area contributed by atoms with Gasteiger partial charge in [-0.25, -0.2) is 9.78 Å². The molecule has 3 aromatic rings. The number of carbonyl (C=O) groups excluding carboxylic acids is 2. The number of urea groups is 1. The molecule has 0 saturated carbocycles. The highest BCUT2D eigenvalue weighted by Crippen LogP contribution is 2.24. The van der Waals surface area contributed by atoms with E-state index >= 15 is 0 Å². The number of para-hydroxylation sites is 2. The quantitative estimate of drug-likeness (QED) is 0.558. The fourth-order valence-corrected chi connectivity index (χ4v) is 4.29. The molecule has 4 rings (SSSR count). The van der Waals surface area contributed by atoms with Crippen LogP contribution in [-0.4, -0.2) is 59.2 Å². The fourth-order valence-electron chi connectivity index (χ4n) is 4.29. The Kier molecular flexibility index (Phi) is 7.12. The third-order valence-electron chi connectivity index (χ3n) is 5.98. The number of rotatable bonds is 7. The average molecular weight is 450 g/mol. The molecule has 2 aromatic carbocycles. The second-order valence-electron chi connectivity index (χ2n) is 8.04. The first-order chi connectivity index (χ1) is 16.1. The van der Waals surface area contributed by atoms with Crippen molar-refractivity contribution in [2.45, 2.75) is 32.9 Å². The summed E-state index contributed by atoms with van der Waals surface area (Å²) < 4.78 is 7.33. The Hall–Kier alpha value is -3.55. The molecule has 174 valence electrons. The summed E-state index contributed by atoms with van der Waals surface area (Å²) in [5, 5.41) is 3.04. The standard InChI is InChI=1S/C25H31N5O3/c1-3-30-22-13-9-8-12-20(22)26-24(30)28-14-16-29(17-15-28)25(32)27-21(18-23(31)33-4-2)19-10-6-5-7-11-19/h5-13,21H,3-4,14-18H2,1-2H3,(H,27,32)/t21-/m1/s1. The Morgan fingerprint density at radius 3 is 2.39 bits per heavy atom. The van der Waals surface area contributed by atoms with Crippen LogP contribution in [0.2, 0.25) is 0 Å². The van der Waals surface area contributed by atoms with Crippen molar-refractivity contribution in [2.75, 3.05) is 37.7 Å². The molecule has 1 aliphatic heterocycles. The molecule has 1 aliphatic rings. The van der Waals surface area contributed by atoms with E-state index in [9.17, 15) is 9.59 Å². The predicted molar refractivity (Wildman–Crippen MR) is 128 cm³/mol. The Morgan fingerprint density at radius 1 is 1.00 bits per heavy atom. The number of fused-ring (bicyclic) bond motifs is 1. The van der Waals surface area contributed by atoms with Crippen molar-refractivity contribution in [3.8, 4) is 0 Å². The number of ether oxygens (including phenoxy) is 1. The fraction of sp³-hybridized carbons (Fsp3) is 0.400.